The Bertz CT molecular complexity index is 985. The Morgan fingerprint density at radius 1 is 0.897 bits per heavy atom. The van der Waals surface area contributed by atoms with Gasteiger partial charge in [-0.1, -0.05) is 60.7 Å². The second kappa shape index (κ2) is 9.55. The molecule has 0 saturated carbocycles. The molecule has 3 aromatic rings. The number of ether oxygens (including phenoxy) is 2. The summed E-state index contributed by atoms with van der Waals surface area (Å²) in [6.45, 7) is 1.54. The fourth-order valence-electron chi connectivity index (χ4n) is 2.95. The smallest absolute Gasteiger partial charge is 0.339 e. The number of rotatable bonds is 7. The zero-order valence-electron chi connectivity index (χ0n) is 16.4. The van der Waals surface area contributed by atoms with Crippen LogP contribution in [0.5, 0.6) is 5.75 Å². The standard InChI is InChI=1S/C24H23NO4/c1-17(23(26)25-21-14-8-9-15-22(21)28-2)29-24(27)20-13-7-6-12-19(20)16-18-10-4-3-5-11-18/h3-15,17H,16H2,1-2H3,(H,25,26)/t17-/m1/s1. The molecule has 148 valence electrons. The summed E-state index contributed by atoms with van der Waals surface area (Å²) in [4.78, 5) is 25.2. The van der Waals surface area contributed by atoms with Crippen LogP contribution in [0, 0.1) is 0 Å². The molecule has 0 heterocycles. The molecule has 0 saturated heterocycles. The van der Waals surface area contributed by atoms with Crippen LogP contribution in [0.2, 0.25) is 0 Å². The van der Waals surface area contributed by atoms with Crippen LogP contribution in [0.25, 0.3) is 0 Å². The molecule has 0 aliphatic rings. The van der Waals surface area contributed by atoms with E-state index in [0.717, 1.165) is 11.1 Å². The Labute approximate surface area is 170 Å². The zero-order chi connectivity index (χ0) is 20.6. The van der Waals surface area contributed by atoms with Gasteiger partial charge < -0.3 is 14.8 Å². The van der Waals surface area contributed by atoms with E-state index in [4.69, 9.17) is 9.47 Å². The number of amides is 1. The minimum absolute atomic E-state index is 0.427. The lowest BCUT2D eigenvalue weighted by Gasteiger charge is -2.16. The molecule has 0 spiro atoms. The van der Waals surface area contributed by atoms with Crippen molar-refractivity contribution in [2.45, 2.75) is 19.4 Å². The van der Waals surface area contributed by atoms with Crippen LogP contribution < -0.4 is 10.1 Å². The van der Waals surface area contributed by atoms with Crippen molar-refractivity contribution >= 4 is 17.6 Å². The maximum Gasteiger partial charge on any atom is 0.339 e. The fourth-order valence-corrected chi connectivity index (χ4v) is 2.95. The van der Waals surface area contributed by atoms with Gasteiger partial charge in [-0.25, -0.2) is 4.79 Å². The second-order valence-corrected chi connectivity index (χ2v) is 6.56. The van der Waals surface area contributed by atoms with Gasteiger partial charge in [0.05, 0.1) is 18.4 Å². The monoisotopic (exact) mass is 389 g/mol. The molecule has 0 aromatic heterocycles. The summed E-state index contributed by atoms with van der Waals surface area (Å²) < 4.78 is 10.7. The molecule has 3 aromatic carbocycles. The first-order chi connectivity index (χ1) is 14.1. The zero-order valence-corrected chi connectivity index (χ0v) is 16.4. The van der Waals surface area contributed by atoms with Crippen molar-refractivity contribution in [3.8, 4) is 5.75 Å². The average Bonchev–Trinajstić information content (AvgIpc) is 2.75. The fraction of sp³-hybridized carbons (Fsp3) is 0.167. The van der Waals surface area contributed by atoms with Crippen LogP contribution in [-0.4, -0.2) is 25.1 Å². The first-order valence-electron chi connectivity index (χ1n) is 9.35. The first-order valence-corrected chi connectivity index (χ1v) is 9.35. The quantitative estimate of drug-likeness (QED) is 0.606. The lowest BCUT2D eigenvalue weighted by Crippen LogP contribution is -2.30. The normalized spacial score (nSPS) is 11.4. The van der Waals surface area contributed by atoms with Gasteiger partial charge in [-0.05, 0) is 42.7 Å². The number of benzene rings is 3. The first kappa shape index (κ1) is 20.1. The lowest BCUT2D eigenvalue weighted by atomic mass is 10.00. The summed E-state index contributed by atoms with van der Waals surface area (Å²) >= 11 is 0. The van der Waals surface area contributed by atoms with Crippen molar-refractivity contribution in [2.75, 3.05) is 12.4 Å². The van der Waals surface area contributed by atoms with Crippen molar-refractivity contribution in [3.05, 3.63) is 95.6 Å². The number of para-hydroxylation sites is 2. The predicted molar refractivity (Wildman–Crippen MR) is 112 cm³/mol. The summed E-state index contributed by atoms with van der Waals surface area (Å²) in [5.41, 5.74) is 2.91. The number of carbonyl (C=O) groups excluding carboxylic acids is 2. The third kappa shape index (κ3) is 5.23. The van der Waals surface area contributed by atoms with E-state index in [9.17, 15) is 9.59 Å². The molecule has 5 nitrogen and oxygen atoms in total. The molecule has 0 bridgehead atoms. The van der Waals surface area contributed by atoms with Gasteiger partial charge in [-0.15, -0.1) is 0 Å². The summed E-state index contributed by atoms with van der Waals surface area (Å²) in [6.07, 6.45) is -0.356. The number of methoxy groups -OCH3 is 1. The summed E-state index contributed by atoms with van der Waals surface area (Å²) in [5, 5.41) is 2.73. The number of hydrogen-bond acceptors (Lipinski definition) is 4. The van der Waals surface area contributed by atoms with E-state index in [1.54, 1.807) is 37.3 Å². The van der Waals surface area contributed by atoms with E-state index in [1.165, 1.54) is 7.11 Å². The van der Waals surface area contributed by atoms with E-state index < -0.39 is 18.0 Å². The van der Waals surface area contributed by atoms with Gasteiger partial charge in [0.2, 0.25) is 0 Å². The Morgan fingerprint density at radius 2 is 1.55 bits per heavy atom. The second-order valence-electron chi connectivity index (χ2n) is 6.56. The van der Waals surface area contributed by atoms with Gasteiger partial charge >= 0.3 is 5.97 Å². The highest BCUT2D eigenvalue weighted by molar-refractivity contribution is 5.98. The van der Waals surface area contributed by atoms with E-state index in [1.807, 2.05) is 48.5 Å². The molecule has 0 fully saturated rings. The minimum Gasteiger partial charge on any atom is -0.495 e. The molecular weight excluding hydrogens is 366 g/mol. The van der Waals surface area contributed by atoms with Crippen LogP contribution in [0.15, 0.2) is 78.9 Å². The highest BCUT2D eigenvalue weighted by Gasteiger charge is 2.21. The molecule has 1 N–H and O–H groups in total. The van der Waals surface area contributed by atoms with Crippen molar-refractivity contribution in [3.63, 3.8) is 0 Å². The third-order valence-corrected chi connectivity index (χ3v) is 4.49. The van der Waals surface area contributed by atoms with Gasteiger partial charge in [-0.2, -0.15) is 0 Å². The van der Waals surface area contributed by atoms with E-state index in [2.05, 4.69) is 5.32 Å². The SMILES string of the molecule is COc1ccccc1NC(=O)[C@@H](C)OC(=O)c1ccccc1Cc1ccccc1. The Balaban J connectivity index is 1.69. The van der Waals surface area contributed by atoms with Gasteiger partial charge in [0.1, 0.15) is 5.75 Å². The predicted octanol–water partition coefficient (Wildman–Crippen LogP) is 4.47. The van der Waals surface area contributed by atoms with Gasteiger partial charge in [0.15, 0.2) is 6.10 Å². The average molecular weight is 389 g/mol. The maximum atomic E-state index is 12.7. The van der Waals surface area contributed by atoms with Gasteiger partial charge in [-0.3, -0.25) is 4.79 Å². The van der Waals surface area contributed by atoms with Crippen LogP contribution in [0.4, 0.5) is 5.69 Å². The number of carbonyl (C=O) groups is 2. The van der Waals surface area contributed by atoms with Gasteiger partial charge in [0, 0.05) is 0 Å². The molecular formula is C24H23NO4. The van der Waals surface area contributed by atoms with Crippen LogP contribution in [0.1, 0.15) is 28.4 Å². The molecule has 0 unspecified atom stereocenters. The molecule has 3 rings (SSSR count). The molecule has 1 atom stereocenters. The van der Waals surface area contributed by atoms with Crippen molar-refractivity contribution in [2.24, 2.45) is 0 Å². The Hall–Kier alpha value is -3.60. The molecule has 5 heteroatoms. The van der Waals surface area contributed by atoms with Crippen molar-refractivity contribution in [1.82, 2.24) is 0 Å². The molecule has 0 aliphatic heterocycles. The number of nitrogens with one attached hydrogen (secondary N) is 1. The summed E-state index contributed by atoms with van der Waals surface area (Å²) in [6, 6.07) is 24.2. The minimum atomic E-state index is -0.961. The third-order valence-electron chi connectivity index (χ3n) is 4.49. The topological polar surface area (TPSA) is 64.6 Å². The number of anilines is 1. The molecule has 0 radical (unpaired) electrons. The number of esters is 1. The van der Waals surface area contributed by atoms with Crippen LogP contribution in [0.3, 0.4) is 0 Å². The van der Waals surface area contributed by atoms with E-state index >= 15 is 0 Å². The largest absolute Gasteiger partial charge is 0.495 e. The molecule has 29 heavy (non-hydrogen) atoms. The summed E-state index contributed by atoms with van der Waals surface area (Å²) in [7, 11) is 1.53. The van der Waals surface area contributed by atoms with Crippen LogP contribution in [-0.2, 0) is 16.0 Å². The Morgan fingerprint density at radius 3 is 2.31 bits per heavy atom. The van der Waals surface area contributed by atoms with E-state index in [-0.39, 0.29) is 0 Å². The number of hydrogen-bond donors (Lipinski definition) is 1. The molecule has 1 amide bonds. The van der Waals surface area contributed by atoms with Crippen molar-refractivity contribution in [1.29, 1.82) is 0 Å². The summed E-state index contributed by atoms with van der Waals surface area (Å²) in [5.74, 6) is -0.421. The lowest BCUT2D eigenvalue weighted by molar-refractivity contribution is -0.123. The van der Waals surface area contributed by atoms with Gasteiger partial charge in [0.25, 0.3) is 5.91 Å². The maximum absolute atomic E-state index is 12.7. The highest BCUT2D eigenvalue weighted by Crippen LogP contribution is 2.23. The van der Waals surface area contributed by atoms with Crippen molar-refractivity contribution < 1.29 is 19.1 Å². The Kier molecular flexibility index (Phi) is 6.63. The van der Waals surface area contributed by atoms with Crippen LogP contribution >= 0.6 is 0 Å². The van der Waals surface area contributed by atoms with E-state index in [0.29, 0.717) is 23.4 Å². The highest BCUT2D eigenvalue weighted by atomic mass is 16.5. The molecule has 0 aliphatic carbocycles.